The summed E-state index contributed by atoms with van der Waals surface area (Å²) in [5.74, 6) is 0.954. The molecule has 0 spiro atoms. The van der Waals surface area contributed by atoms with Gasteiger partial charge in [0.1, 0.15) is 0 Å². The molecule has 0 aromatic heterocycles. The number of hydrogen-bond donors (Lipinski definition) is 1. The van der Waals surface area contributed by atoms with E-state index in [1.54, 1.807) is 0 Å². The van der Waals surface area contributed by atoms with E-state index in [1.807, 2.05) is 23.9 Å². The van der Waals surface area contributed by atoms with Gasteiger partial charge >= 0.3 is 0 Å². The van der Waals surface area contributed by atoms with Crippen molar-refractivity contribution in [2.75, 3.05) is 5.75 Å². The van der Waals surface area contributed by atoms with Crippen molar-refractivity contribution >= 4 is 11.8 Å². The van der Waals surface area contributed by atoms with E-state index in [0.717, 1.165) is 18.8 Å². The Kier molecular flexibility index (Phi) is 5.73. The third kappa shape index (κ3) is 4.58. The molecule has 0 amide bonds. The highest BCUT2D eigenvalue weighted by Crippen LogP contribution is 2.22. The zero-order chi connectivity index (χ0) is 13.3. The Balaban J connectivity index is 1.90. The van der Waals surface area contributed by atoms with Gasteiger partial charge in [-0.3, -0.25) is 0 Å². The van der Waals surface area contributed by atoms with Crippen molar-refractivity contribution in [3.8, 4) is 0 Å². The summed E-state index contributed by atoms with van der Waals surface area (Å²) >= 11 is 1.84. The van der Waals surface area contributed by atoms with Crippen LogP contribution in [-0.2, 0) is 13.1 Å². The van der Waals surface area contributed by atoms with Crippen LogP contribution in [0.5, 0.6) is 0 Å². The lowest BCUT2D eigenvalue weighted by Crippen LogP contribution is -2.13. The van der Waals surface area contributed by atoms with E-state index in [2.05, 4.69) is 60.4 Å². The van der Waals surface area contributed by atoms with E-state index in [9.17, 15) is 0 Å². The van der Waals surface area contributed by atoms with Gasteiger partial charge in [0, 0.05) is 23.7 Å². The first-order valence-electron chi connectivity index (χ1n) is 6.46. The third-order valence-corrected chi connectivity index (χ3v) is 3.93. The van der Waals surface area contributed by atoms with Gasteiger partial charge in [-0.15, -0.1) is 18.3 Å². The van der Waals surface area contributed by atoms with Crippen LogP contribution in [0.2, 0.25) is 0 Å². The van der Waals surface area contributed by atoms with Crippen LogP contribution in [0.1, 0.15) is 11.1 Å². The van der Waals surface area contributed by atoms with E-state index < -0.39 is 0 Å². The lowest BCUT2D eigenvalue weighted by molar-refractivity contribution is 0.686. The topological polar surface area (TPSA) is 12.0 Å². The smallest absolute Gasteiger partial charge is 0.0219 e. The van der Waals surface area contributed by atoms with E-state index in [0.29, 0.717) is 0 Å². The molecule has 0 bridgehead atoms. The fourth-order valence-electron chi connectivity index (χ4n) is 1.88. The van der Waals surface area contributed by atoms with Gasteiger partial charge in [-0.2, -0.15) is 0 Å². The molecule has 0 atom stereocenters. The van der Waals surface area contributed by atoms with Crippen LogP contribution in [0.3, 0.4) is 0 Å². The predicted octanol–water partition coefficient (Wildman–Crippen LogP) is 4.25. The second-order valence-electron chi connectivity index (χ2n) is 4.30. The lowest BCUT2D eigenvalue weighted by atomic mass is 10.2. The molecule has 2 rings (SSSR count). The van der Waals surface area contributed by atoms with Crippen LogP contribution in [0.25, 0.3) is 0 Å². The molecule has 19 heavy (non-hydrogen) atoms. The summed E-state index contributed by atoms with van der Waals surface area (Å²) in [4.78, 5) is 1.34. The molecule has 1 nitrogen and oxygen atoms in total. The minimum absolute atomic E-state index is 0.898. The SMILES string of the molecule is C=CCSc1ccccc1CNCc1ccccc1. The Morgan fingerprint density at radius 3 is 2.47 bits per heavy atom. The summed E-state index contributed by atoms with van der Waals surface area (Å²) < 4.78 is 0. The minimum Gasteiger partial charge on any atom is -0.309 e. The molecule has 0 aliphatic carbocycles. The predicted molar refractivity (Wildman–Crippen MR) is 84.3 cm³/mol. The number of benzene rings is 2. The van der Waals surface area contributed by atoms with Gasteiger partial charge in [0.2, 0.25) is 0 Å². The molecule has 2 aromatic rings. The summed E-state index contributed by atoms with van der Waals surface area (Å²) in [6, 6.07) is 19.0. The molecule has 98 valence electrons. The second-order valence-corrected chi connectivity index (χ2v) is 5.36. The van der Waals surface area contributed by atoms with Crippen LogP contribution in [0.15, 0.2) is 72.1 Å². The van der Waals surface area contributed by atoms with Crippen molar-refractivity contribution in [2.45, 2.75) is 18.0 Å². The summed E-state index contributed by atoms with van der Waals surface area (Å²) in [7, 11) is 0. The van der Waals surface area contributed by atoms with Crippen molar-refractivity contribution in [1.29, 1.82) is 0 Å². The summed E-state index contributed by atoms with van der Waals surface area (Å²) in [5, 5.41) is 3.50. The molecular weight excluding hydrogens is 250 g/mol. The van der Waals surface area contributed by atoms with Gasteiger partial charge in [0.05, 0.1) is 0 Å². The van der Waals surface area contributed by atoms with Gasteiger partial charge < -0.3 is 5.32 Å². The van der Waals surface area contributed by atoms with E-state index in [4.69, 9.17) is 0 Å². The zero-order valence-corrected chi connectivity index (χ0v) is 11.8. The van der Waals surface area contributed by atoms with Crippen molar-refractivity contribution in [1.82, 2.24) is 5.32 Å². The second kappa shape index (κ2) is 7.82. The highest BCUT2D eigenvalue weighted by atomic mass is 32.2. The number of thioether (sulfide) groups is 1. The quantitative estimate of drug-likeness (QED) is 0.595. The molecule has 2 aromatic carbocycles. The maximum Gasteiger partial charge on any atom is 0.0219 e. The highest BCUT2D eigenvalue weighted by molar-refractivity contribution is 7.99. The van der Waals surface area contributed by atoms with Gasteiger partial charge in [-0.05, 0) is 17.2 Å². The van der Waals surface area contributed by atoms with E-state index in [-0.39, 0.29) is 0 Å². The molecule has 0 fully saturated rings. The van der Waals surface area contributed by atoms with E-state index >= 15 is 0 Å². The number of hydrogen-bond acceptors (Lipinski definition) is 2. The van der Waals surface area contributed by atoms with Crippen molar-refractivity contribution in [2.24, 2.45) is 0 Å². The van der Waals surface area contributed by atoms with Crippen LogP contribution < -0.4 is 5.32 Å². The van der Waals surface area contributed by atoms with E-state index in [1.165, 1.54) is 16.0 Å². The van der Waals surface area contributed by atoms with Gasteiger partial charge in [0.25, 0.3) is 0 Å². The Morgan fingerprint density at radius 1 is 0.947 bits per heavy atom. The lowest BCUT2D eigenvalue weighted by Gasteiger charge is -2.09. The van der Waals surface area contributed by atoms with Crippen LogP contribution in [0, 0.1) is 0 Å². The number of rotatable bonds is 7. The fraction of sp³-hybridized carbons (Fsp3) is 0.176. The maximum atomic E-state index is 3.77. The first-order chi connectivity index (χ1) is 9.40. The average Bonchev–Trinajstić information content (AvgIpc) is 2.47. The normalized spacial score (nSPS) is 10.3. The first-order valence-corrected chi connectivity index (χ1v) is 7.45. The van der Waals surface area contributed by atoms with Crippen LogP contribution >= 0.6 is 11.8 Å². The Bertz CT molecular complexity index is 508. The molecule has 0 aliphatic heterocycles. The van der Waals surface area contributed by atoms with Crippen molar-refractivity contribution < 1.29 is 0 Å². The van der Waals surface area contributed by atoms with Crippen molar-refractivity contribution in [3.05, 3.63) is 78.4 Å². The molecule has 2 heteroatoms. The molecule has 0 unspecified atom stereocenters. The molecule has 0 radical (unpaired) electrons. The van der Waals surface area contributed by atoms with Crippen molar-refractivity contribution in [3.63, 3.8) is 0 Å². The summed E-state index contributed by atoms with van der Waals surface area (Å²) in [5.41, 5.74) is 2.67. The number of nitrogens with one attached hydrogen (secondary N) is 1. The first kappa shape index (κ1) is 13.9. The fourth-order valence-corrected chi connectivity index (χ4v) is 2.67. The molecule has 0 aliphatic rings. The van der Waals surface area contributed by atoms with Gasteiger partial charge in [-0.25, -0.2) is 0 Å². The zero-order valence-electron chi connectivity index (χ0n) is 11.0. The highest BCUT2D eigenvalue weighted by Gasteiger charge is 2.01. The molecular formula is C17H19NS. The third-order valence-electron chi connectivity index (χ3n) is 2.82. The maximum absolute atomic E-state index is 3.77. The molecule has 0 saturated heterocycles. The van der Waals surface area contributed by atoms with Gasteiger partial charge in [-0.1, -0.05) is 54.6 Å². The van der Waals surface area contributed by atoms with Crippen LogP contribution in [-0.4, -0.2) is 5.75 Å². The van der Waals surface area contributed by atoms with Crippen LogP contribution in [0.4, 0.5) is 0 Å². The molecule has 0 saturated carbocycles. The summed E-state index contributed by atoms with van der Waals surface area (Å²) in [6.07, 6.45) is 1.94. The monoisotopic (exact) mass is 269 g/mol. The summed E-state index contributed by atoms with van der Waals surface area (Å²) in [6.45, 7) is 5.57. The largest absolute Gasteiger partial charge is 0.309 e. The minimum atomic E-state index is 0.898. The molecule has 0 heterocycles. The Labute approximate surface area is 119 Å². The van der Waals surface area contributed by atoms with Gasteiger partial charge in [0.15, 0.2) is 0 Å². The molecule has 1 N–H and O–H groups in total. The Hall–Kier alpha value is -1.51. The average molecular weight is 269 g/mol. The Morgan fingerprint density at radius 2 is 1.68 bits per heavy atom. The standard InChI is InChI=1S/C17H19NS/c1-2-12-19-17-11-7-6-10-16(17)14-18-13-15-8-4-3-5-9-15/h2-11,18H,1,12-14H2.